The molecule has 0 unspecified atom stereocenters. The Morgan fingerprint density at radius 3 is 2.74 bits per heavy atom. The Morgan fingerprint density at radius 2 is 2.00 bits per heavy atom. The van der Waals surface area contributed by atoms with Gasteiger partial charge in [-0.3, -0.25) is 9.69 Å². The molecule has 1 aromatic heterocycles. The van der Waals surface area contributed by atoms with E-state index in [1.807, 2.05) is 4.90 Å². The molecule has 0 saturated heterocycles. The number of aromatic amines is 2. The van der Waals surface area contributed by atoms with Crippen LogP contribution < -0.4 is 11.0 Å². The Hall–Kier alpha value is -2.64. The van der Waals surface area contributed by atoms with Crippen molar-refractivity contribution in [3.05, 3.63) is 63.3 Å². The molecule has 4 rings (SSSR count). The van der Waals surface area contributed by atoms with E-state index < -0.39 is 0 Å². The van der Waals surface area contributed by atoms with Crippen molar-refractivity contribution in [1.82, 2.24) is 14.9 Å². The number of halogens is 2. The summed E-state index contributed by atoms with van der Waals surface area (Å²) in [5.41, 5.74) is 1.99. The van der Waals surface area contributed by atoms with Gasteiger partial charge in [-0.05, 0) is 43.2 Å². The molecule has 3 N–H and O–H groups in total. The summed E-state index contributed by atoms with van der Waals surface area (Å²) in [4.78, 5) is 31.1. The van der Waals surface area contributed by atoms with Gasteiger partial charge in [0.15, 0.2) is 0 Å². The molecule has 1 fully saturated rings. The number of nitrogens with one attached hydrogen (secondary N) is 3. The van der Waals surface area contributed by atoms with Crippen LogP contribution in [-0.2, 0) is 11.3 Å². The van der Waals surface area contributed by atoms with Gasteiger partial charge in [0.25, 0.3) is 0 Å². The maximum Gasteiger partial charge on any atom is 0.323 e. The van der Waals surface area contributed by atoms with E-state index in [2.05, 4.69) is 15.3 Å². The van der Waals surface area contributed by atoms with Gasteiger partial charge in [-0.2, -0.15) is 0 Å². The van der Waals surface area contributed by atoms with Crippen molar-refractivity contribution in [1.29, 1.82) is 0 Å². The molecule has 1 heterocycles. The summed E-state index contributed by atoms with van der Waals surface area (Å²) < 4.78 is 14.1. The van der Waals surface area contributed by atoms with E-state index in [4.69, 9.17) is 11.6 Å². The molecular weight excluding hydrogens is 371 g/mol. The van der Waals surface area contributed by atoms with Gasteiger partial charge in [0, 0.05) is 28.9 Å². The summed E-state index contributed by atoms with van der Waals surface area (Å²) in [7, 11) is 0. The third kappa shape index (κ3) is 4.04. The molecule has 6 nitrogen and oxygen atoms in total. The van der Waals surface area contributed by atoms with Crippen LogP contribution in [0.4, 0.5) is 10.1 Å². The second-order valence-corrected chi connectivity index (χ2v) is 7.13. The molecule has 8 heteroatoms. The van der Waals surface area contributed by atoms with Crippen molar-refractivity contribution < 1.29 is 9.18 Å². The van der Waals surface area contributed by atoms with Crippen LogP contribution >= 0.6 is 11.6 Å². The zero-order valence-corrected chi connectivity index (χ0v) is 15.1. The van der Waals surface area contributed by atoms with Gasteiger partial charge in [0.05, 0.1) is 17.6 Å². The Morgan fingerprint density at radius 1 is 1.22 bits per heavy atom. The number of anilines is 1. The van der Waals surface area contributed by atoms with Crippen LogP contribution in [0.2, 0.25) is 5.02 Å². The zero-order chi connectivity index (χ0) is 19.0. The average molecular weight is 389 g/mol. The lowest BCUT2D eigenvalue weighted by atomic mass is 10.2. The number of H-pyrrole nitrogens is 2. The van der Waals surface area contributed by atoms with Gasteiger partial charge in [-0.1, -0.05) is 17.7 Å². The first-order valence-corrected chi connectivity index (χ1v) is 9.06. The number of nitrogens with zero attached hydrogens (tertiary/aromatic N) is 1. The number of fused-ring (bicyclic) bond motifs is 1. The van der Waals surface area contributed by atoms with Gasteiger partial charge < -0.3 is 15.3 Å². The minimum Gasteiger partial charge on any atom is -0.325 e. The highest BCUT2D eigenvalue weighted by Crippen LogP contribution is 2.30. The predicted octanol–water partition coefficient (Wildman–Crippen LogP) is 3.25. The van der Waals surface area contributed by atoms with Crippen molar-refractivity contribution in [2.45, 2.75) is 25.4 Å². The van der Waals surface area contributed by atoms with Gasteiger partial charge in [-0.15, -0.1) is 0 Å². The van der Waals surface area contributed by atoms with E-state index in [0.29, 0.717) is 27.3 Å². The van der Waals surface area contributed by atoms with Crippen LogP contribution in [0.25, 0.3) is 11.0 Å². The molecule has 1 aliphatic rings. The lowest BCUT2D eigenvalue weighted by molar-refractivity contribution is -0.117. The fraction of sp³-hybridized carbons (Fsp3) is 0.263. The van der Waals surface area contributed by atoms with Crippen LogP contribution in [0.15, 0.2) is 41.2 Å². The smallest absolute Gasteiger partial charge is 0.323 e. The molecule has 2 aromatic carbocycles. The van der Waals surface area contributed by atoms with Crippen LogP contribution in [0.5, 0.6) is 0 Å². The number of amides is 1. The Kier molecular flexibility index (Phi) is 4.72. The summed E-state index contributed by atoms with van der Waals surface area (Å²) in [6.45, 7) is 0.421. The number of rotatable bonds is 6. The van der Waals surface area contributed by atoms with E-state index >= 15 is 0 Å². The SMILES string of the molecule is O=C(CN(Cc1c(F)cccc1Cl)C1CC1)Nc1ccc2[nH]c(=O)[nH]c2c1. The quantitative estimate of drug-likeness (QED) is 0.606. The standard InChI is InChI=1S/C19H18ClFN4O2/c20-14-2-1-3-15(21)13(14)9-25(12-5-6-12)10-18(26)22-11-4-7-16-17(8-11)24-19(27)23-16/h1-4,7-8,12H,5-6,9-10H2,(H,22,26)(H2,23,24,27). The summed E-state index contributed by atoms with van der Waals surface area (Å²) in [6, 6.07) is 9.99. The molecule has 1 amide bonds. The maximum absolute atomic E-state index is 14.1. The van der Waals surface area contributed by atoms with Crippen molar-refractivity contribution in [2.75, 3.05) is 11.9 Å². The monoisotopic (exact) mass is 388 g/mol. The average Bonchev–Trinajstić information content (AvgIpc) is 3.38. The van der Waals surface area contributed by atoms with Crippen molar-refractivity contribution in [2.24, 2.45) is 0 Å². The minimum atomic E-state index is -0.365. The molecule has 140 valence electrons. The normalized spacial score (nSPS) is 14.0. The topological polar surface area (TPSA) is 81.0 Å². The molecule has 1 saturated carbocycles. The van der Waals surface area contributed by atoms with E-state index in [1.165, 1.54) is 6.07 Å². The van der Waals surface area contributed by atoms with E-state index in [0.717, 1.165) is 12.8 Å². The molecule has 0 spiro atoms. The molecule has 0 bridgehead atoms. The second kappa shape index (κ2) is 7.17. The lowest BCUT2D eigenvalue weighted by Crippen LogP contribution is -2.34. The van der Waals surface area contributed by atoms with Crippen molar-refractivity contribution in [3.63, 3.8) is 0 Å². The highest BCUT2D eigenvalue weighted by Gasteiger charge is 2.31. The van der Waals surface area contributed by atoms with Crippen LogP contribution in [-0.4, -0.2) is 33.4 Å². The summed E-state index contributed by atoms with van der Waals surface area (Å²) in [5.74, 6) is -0.568. The first-order chi connectivity index (χ1) is 13.0. The number of hydrogen-bond acceptors (Lipinski definition) is 3. The fourth-order valence-electron chi connectivity index (χ4n) is 3.14. The maximum atomic E-state index is 14.1. The van der Waals surface area contributed by atoms with E-state index in [1.54, 1.807) is 30.3 Å². The molecule has 27 heavy (non-hydrogen) atoms. The number of benzene rings is 2. The molecule has 0 atom stereocenters. The third-order valence-corrected chi connectivity index (χ3v) is 4.99. The van der Waals surface area contributed by atoms with E-state index in [-0.39, 0.29) is 36.5 Å². The molecule has 0 radical (unpaired) electrons. The fourth-order valence-corrected chi connectivity index (χ4v) is 3.36. The van der Waals surface area contributed by atoms with Gasteiger partial charge in [-0.25, -0.2) is 9.18 Å². The molecule has 1 aliphatic carbocycles. The second-order valence-electron chi connectivity index (χ2n) is 6.72. The molecular formula is C19H18ClFN4O2. The van der Waals surface area contributed by atoms with Crippen LogP contribution in [0.3, 0.4) is 0 Å². The van der Waals surface area contributed by atoms with E-state index in [9.17, 15) is 14.0 Å². The number of hydrogen-bond donors (Lipinski definition) is 3. The predicted molar refractivity (Wildman–Crippen MR) is 102 cm³/mol. The van der Waals surface area contributed by atoms with Gasteiger partial charge >= 0.3 is 5.69 Å². The molecule has 0 aliphatic heterocycles. The zero-order valence-electron chi connectivity index (χ0n) is 14.4. The summed E-state index contributed by atoms with van der Waals surface area (Å²) in [6.07, 6.45) is 1.96. The highest BCUT2D eigenvalue weighted by atomic mass is 35.5. The number of carbonyl (C=O) groups is 1. The first-order valence-electron chi connectivity index (χ1n) is 8.68. The van der Waals surface area contributed by atoms with Crippen molar-refractivity contribution >= 4 is 34.2 Å². The Balaban J connectivity index is 1.46. The highest BCUT2D eigenvalue weighted by molar-refractivity contribution is 6.31. The summed E-state index contributed by atoms with van der Waals surface area (Å²) in [5, 5.41) is 3.19. The lowest BCUT2D eigenvalue weighted by Gasteiger charge is -2.22. The first kappa shape index (κ1) is 17.8. The van der Waals surface area contributed by atoms with Gasteiger partial charge in [0.1, 0.15) is 5.82 Å². The van der Waals surface area contributed by atoms with Crippen LogP contribution in [0.1, 0.15) is 18.4 Å². The van der Waals surface area contributed by atoms with Gasteiger partial charge in [0.2, 0.25) is 5.91 Å². The number of imidazole rings is 1. The Labute approximate surface area is 159 Å². The summed E-state index contributed by atoms with van der Waals surface area (Å²) >= 11 is 6.12. The van der Waals surface area contributed by atoms with Crippen LogP contribution in [0, 0.1) is 5.82 Å². The minimum absolute atomic E-state index is 0.136. The Bertz CT molecular complexity index is 1040. The van der Waals surface area contributed by atoms with Crippen molar-refractivity contribution in [3.8, 4) is 0 Å². The number of carbonyl (C=O) groups excluding carboxylic acids is 1. The molecule has 3 aromatic rings. The number of aromatic nitrogens is 2. The largest absolute Gasteiger partial charge is 0.325 e. The third-order valence-electron chi connectivity index (χ3n) is 4.63.